The van der Waals surface area contributed by atoms with Gasteiger partial charge in [-0.1, -0.05) is 6.07 Å². The topological polar surface area (TPSA) is 95.9 Å². The summed E-state index contributed by atoms with van der Waals surface area (Å²) in [5.41, 5.74) is 1.12. The molecular formula is C18H16N2O5. The molecule has 2 aromatic carbocycles. The molecule has 25 heavy (non-hydrogen) atoms. The van der Waals surface area contributed by atoms with Crippen LogP contribution in [0.4, 0.5) is 11.4 Å². The van der Waals surface area contributed by atoms with Crippen LogP contribution in [0.3, 0.4) is 0 Å². The number of nitrogens with one attached hydrogen (secondary N) is 1. The van der Waals surface area contributed by atoms with Gasteiger partial charge in [0.2, 0.25) is 5.91 Å². The molecule has 2 amide bonds. The standard InChI is InChI=1S/C18H16N2O5/c1-25-14-4-2-3-12(9-14)19-15-10-16(21)20(17(15)22)13-7-5-11(6-8-13)18(23)24/h2-9,15,19H,10H2,1H3,(H,23,24). The number of carboxylic acid groups (broad SMARTS) is 1. The normalized spacial score (nSPS) is 16.8. The minimum atomic E-state index is -1.07. The Labute approximate surface area is 143 Å². The minimum Gasteiger partial charge on any atom is -0.497 e. The molecule has 1 aliphatic heterocycles. The second-order valence-corrected chi connectivity index (χ2v) is 5.55. The van der Waals surface area contributed by atoms with E-state index in [4.69, 9.17) is 9.84 Å². The second-order valence-electron chi connectivity index (χ2n) is 5.55. The van der Waals surface area contributed by atoms with Crippen LogP contribution in [0.25, 0.3) is 0 Å². The van der Waals surface area contributed by atoms with Gasteiger partial charge in [0, 0.05) is 11.8 Å². The molecule has 0 spiro atoms. The van der Waals surface area contributed by atoms with Crippen molar-refractivity contribution in [3.63, 3.8) is 0 Å². The number of carbonyl (C=O) groups excluding carboxylic acids is 2. The lowest BCUT2D eigenvalue weighted by molar-refractivity contribution is -0.121. The number of imide groups is 1. The van der Waals surface area contributed by atoms with Crippen LogP contribution in [-0.2, 0) is 9.59 Å². The van der Waals surface area contributed by atoms with Crippen LogP contribution in [0.5, 0.6) is 5.75 Å². The molecule has 0 radical (unpaired) electrons. The van der Waals surface area contributed by atoms with Gasteiger partial charge >= 0.3 is 5.97 Å². The van der Waals surface area contributed by atoms with Crippen LogP contribution in [0.15, 0.2) is 48.5 Å². The van der Waals surface area contributed by atoms with Crippen LogP contribution in [0, 0.1) is 0 Å². The van der Waals surface area contributed by atoms with Gasteiger partial charge < -0.3 is 15.2 Å². The van der Waals surface area contributed by atoms with E-state index in [0.29, 0.717) is 17.1 Å². The summed E-state index contributed by atoms with van der Waals surface area (Å²) in [5.74, 6) is -1.14. The average molecular weight is 340 g/mol. The molecule has 1 unspecified atom stereocenters. The zero-order valence-corrected chi connectivity index (χ0v) is 13.4. The number of anilines is 2. The zero-order valence-electron chi connectivity index (χ0n) is 13.4. The van der Waals surface area contributed by atoms with Gasteiger partial charge in [0.25, 0.3) is 5.91 Å². The molecule has 0 bridgehead atoms. The van der Waals surface area contributed by atoms with E-state index in [2.05, 4.69) is 5.32 Å². The maximum absolute atomic E-state index is 12.6. The molecule has 1 fully saturated rings. The van der Waals surface area contributed by atoms with Gasteiger partial charge in [-0.05, 0) is 36.4 Å². The van der Waals surface area contributed by atoms with E-state index in [1.165, 1.54) is 24.3 Å². The van der Waals surface area contributed by atoms with Gasteiger partial charge in [-0.2, -0.15) is 0 Å². The highest BCUT2D eigenvalue weighted by molar-refractivity contribution is 6.23. The molecule has 7 heteroatoms. The van der Waals surface area contributed by atoms with Crippen molar-refractivity contribution in [2.45, 2.75) is 12.5 Å². The summed E-state index contributed by atoms with van der Waals surface area (Å²) < 4.78 is 5.14. The predicted octanol–water partition coefficient (Wildman–Crippen LogP) is 2.14. The van der Waals surface area contributed by atoms with Gasteiger partial charge in [0.15, 0.2) is 0 Å². The number of methoxy groups -OCH3 is 1. The largest absolute Gasteiger partial charge is 0.497 e. The van der Waals surface area contributed by atoms with Gasteiger partial charge in [-0.25, -0.2) is 9.69 Å². The highest BCUT2D eigenvalue weighted by Crippen LogP contribution is 2.26. The van der Waals surface area contributed by atoms with Crippen molar-refractivity contribution in [2.75, 3.05) is 17.3 Å². The van der Waals surface area contributed by atoms with E-state index in [0.717, 1.165) is 4.90 Å². The highest BCUT2D eigenvalue weighted by Gasteiger charge is 2.39. The molecule has 0 aliphatic carbocycles. The van der Waals surface area contributed by atoms with Crippen molar-refractivity contribution >= 4 is 29.2 Å². The third-order valence-electron chi connectivity index (χ3n) is 3.93. The molecule has 1 saturated heterocycles. The molecule has 1 heterocycles. The molecular weight excluding hydrogens is 324 g/mol. The van der Waals surface area contributed by atoms with Crippen molar-refractivity contribution in [3.8, 4) is 5.75 Å². The first-order valence-corrected chi connectivity index (χ1v) is 7.60. The molecule has 2 N–H and O–H groups in total. The quantitative estimate of drug-likeness (QED) is 0.810. The third kappa shape index (κ3) is 3.30. The Morgan fingerprint density at radius 3 is 2.56 bits per heavy atom. The summed E-state index contributed by atoms with van der Waals surface area (Å²) in [5, 5.41) is 12.0. The van der Waals surface area contributed by atoms with Crippen LogP contribution in [-0.4, -0.2) is 36.0 Å². The summed E-state index contributed by atoms with van der Waals surface area (Å²) in [6, 6.07) is 12.0. The van der Waals surface area contributed by atoms with Crippen molar-refractivity contribution in [3.05, 3.63) is 54.1 Å². The van der Waals surface area contributed by atoms with Gasteiger partial charge in [0.05, 0.1) is 24.8 Å². The number of hydrogen-bond acceptors (Lipinski definition) is 5. The molecule has 3 rings (SSSR count). The molecule has 0 saturated carbocycles. The number of carbonyl (C=O) groups is 3. The van der Waals surface area contributed by atoms with Crippen LogP contribution < -0.4 is 15.0 Å². The number of aromatic carboxylic acids is 1. The van der Waals surface area contributed by atoms with E-state index < -0.39 is 12.0 Å². The number of hydrogen-bond donors (Lipinski definition) is 2. The highest BCUT2D eigenvalue weighted by atomic mass is 16.5. The number of carboxylic acids is 1. The minimum absolute atomic E-state index is 0.0245. The summed E-state index contributed by atoms with van der Waals surface area (Å²) in [4.78, 5) is 36.8. The Balaban J connectivity index is 1.78. The lowest BCUT2D eigenvalue weighted by Crippen LogP contribution is -2.34. The van der Waals surface area contributed by atoms with E-state index in [1.54, 1.807) is 31.4 Å². The monoisotopic (exact) mass is 340 g/mol. The smallest absolute Gasteiger partial charge is 0.335 e. The Hall–Kier alpha value is -3.35. The van der Waals surface area contributed by atoms with Crippen LogP contribution >= 0.6 is 0 Å². The van der Waals surface area contributed by atoms with E-state index >= 15 is 0 Å². The van der Waals surface area contributed by atoms with Crippen molar-refractivity contribution in [1.29, 1.82) is 0 Å². The molecule has 128 valence electrons. The SMILES string of the molecule is COc1cccc(NC2CC(=O)N(c3ccc(C(=O)O)cc3)C2=O)c1. The predicted molar refractivity (Wildman–Crippen MR) is 90.9 cm³/mol. The lowest BCUT2D eigenvalue weighted by atomic mass is 10.2. The Bertz CT molecular complexity index is 832. The first kappa shape index (κ1) is 16.5. The van der Waals surface area contributed by atoms with Crippen LogP contribution in [0.2, 0.25) is 0 Å². The third-order valence-corrected chi connectivity index (χ3v) is 3.93. The lowest BCUT2D eigenvalue weighted by Gasteiger charge is -2.16. The molecule has 0 aromatic heterocycles. The van der Waals surface area contributed by atoms with Gasteiger partial charge in [-0.3, -0.25) is 9.59 Å². The first-order valence-electron chi connectivity index (χ1n) is 7.60. The van der Waals surface area contributed by atoms with Gasteiger partial charge in [0.1, 0.15) is 11.8 Å². The maximum Gasteiger partial charge on any atom is 0.335 e. The summed E-state index contributed by atoms with van der Waals surface area (Å²) in [6.45, 7) is 0. The fourth-order valence-electron chi connectivity index (χ4n) is 2.68. The molecule has 1 aliphatic rings. The fourth-order valence-corrected chi connectivity index (χ4v) is 2.68. The zero-order chi connectivity index (χ0) is 18.0. The van der Waals surface area contributed by atoms with E-state index in [-0.39, 0.29) is 23.8 Å². The fraction of sp³-hybridized carbons (Fsp3) is 0.167. The van der Waals surface area contributed by atoms with E-state index in [1.807, 2.05) is 0 Å². The Kier molecular flexibility index (Phi) is 4.38. The Morgan fingerprint density at radius 1 is 1.20 bits per heavy atom. The number of benzene rings is 2. The first-order chi connectivity index (χ1) is 12.0. The molecule has 1 atom stereocenters. The summed E-state index contributed by atoms with van der Waals surface area (Å²) in [7, 11) is 1.55. The number of ether oxygens (including phenoxy) is 1. The molecule has 7 nitrogen and oxygen atoms in total. The summed E-state index contributed by atoms with van der Waals surface area (Å²) >= 11 is 0. The van der Waals surface area contributed by atoms with E-state index in [9.17, 15) is 14.4 Å². The van der Waals surface area contributed by atoms with Crippen molar-refractivity contribution in [1.82, 2.24) is 0 Å². The van der Waals surface area contributed by atoms with Crippen molar-refractivity contribution in [2.24, 2.45) is 0 Å². The Morgan fingerprint density at radius 2 is 1.92 bits per heavy atom. The average Bonchev–Trinajstić information content (AvgIpc) is 2.88. The number of nitrogens with zero attached hydrogens (tertiary/aromatic N) is 1. The molecule has 2 aromatic rings. The second kappa shape index (κ2) is 6.64. The number of rotatable bonds is 5. The van der Waals surface area contributed by atoms with Crippen molar-refractivity contribution < 1.29 is 24.2 Å². The summed E-state index contributed by atoms with van der Waals surface area (Å²) in [6.07, 6.45) is 0.0245. The van der Waals surface area contributed by atoms with Gasteiger partial charge in [-0.15, -0.1) is 0 Å². The maximum atomic E-state index is 12.6. The number of amides is 2. The van der Waals surface area contributed by atoms with Crippen LogP contribution in [0.1, 0.15) is 16.8 Å².